The Hall–Kier alpha value is 0.270. The molecule has 0 radical (unpaired) electrons. The second kappa shape index (κ2) is 5.23. The van der Waals surface area contributed by atoms with Gasteiger partial charge in [0.25, 0.3) is 0 Å². The van der Waals surface area contributed by atoms with E-state index in [4.69, 9.17) is 5.73 Å². The summed E-state index contributed by atoms with van der Waals surface area (Å²) in [7, 11) is 0. The molecule has 2 atom stereocenters. The highest BCUT2D eigenvalue weighted by atomic mass is 32.2. The summed E-state index contributed by atoms with van der Waals surface area (Å²) in [6, 6.07) is 0. The van der Waals surface area contributed by atoms with Gasteiger partial charge in [-0.1, -0.05) is 6.42 Å². The summed E-state index contributed by atoms with van der Waals surface area (Å²) in [6.07, 6.45) is 7.51. The third kappa shape index (κ3) is 2.61. The van der Waals surface area contributed by atoms with Crippen molar-refractivity contribution in [3.05, 3.63) is 0 Å². The number of rotatable bonds is 5. The summed E-state index contributed by atoms with van der Waals surface area (Å²) < 4.78 is 0. The van der Waals surface area contributed by atoms with Gasteiger partial charge in [-0.3, -0.25) is 0 Å². The zero-order valence-corrected chi connectivity index (χ0v) is 9.28. The first-order valence-corrected chi connectivity index (χ1v) is 6.51. The van der Waals surface area contributed by atoms with E-state index in [2.05, 4.69) is 6.26 Å². The van der Waals surface area contributed by atoms with Gasteiger partial charge in [0.2, 0.25) is 0 Å². The zero-order chi connectivity index (χ0) is 9.73. The van der Waals surface area contributed by atoms with E-state index in [9.17, 15) is 5.11 Å². The maximum Gasteiger partial charge on any atom is 0.0608 e. The van der Waals surface area contributed by atoms with E-state index in [0.717, 1.165) is 25.7 Å². The van der Waals surface area contributed by atoms with E-state index >= 15 is 0 Å². The average molecular weight is 203 g/mol. The van der Waals surface area contributed by atoms with Crippen LogP contribution in [0.2, 0.25) is 0 Å². The van der Waals surface area contributed by atoms with Crippen molar-refractivity contribution in [1.82, 2.24) is 0 Å². The highest BCUT2D eigenvalue weighted by molar-refractivity contribution is 7.98. The standard InChI is InChI=1S/C10H21NOS/c1-13-7-3-6-10(8-11)5-2-4-9(10)12/h9,12H,2-8,11H2,1H3. The van der Waals surface area contributed by atoms with Crippen LogP contribution in [0.3, 0.4) is 0 Å². The minimum Gasteiger partial charge on any atom is -0.393 e. The maximum atomic E-state index is 9.85. The van der Waals surface area contributed by atoms with E-state index in [1.807, 2.05) is 11.8 Å². The molecule has 3 heteroatoms. The first kappa shape index (κ1) is 11.3. The van der Waals surface area contributed by atoms with Crippen molar-refractivity contribution in [1.29, 1.82) is 0 Å². The number of hydrogen-bond donors (Lipinski definition) is 2. The number of hydrogen-bond acceptors (Lipinski definition) is 3. The molecule has 1 aliphatic rings. The topological polar surface area (TPSA) is 46.2 Å². The summed E-state index contributed by atoms with van der Waals surface area (Å²) in [5.41, 5.74) is 5.84. The lowest BCUT2D eigenvalue weighted by Gasteiger charge is -2.31. The number of thioether (sulfide) groups is 1. The number of nitrogens with two attached hydrogens (primary N) is 1. The lowest BCUT2D eigenvalue weighted by molar-refractivity contribution is 0.0517. The molecule has 1 saturated carbocycles. The van der Waals surface area contributed by atoms with Gasteiger partial charge in [-0.25, -0.2) is 0 Å². The van der Waals surface area contributed by atoms with Crippen LogP contribution in [0.15, 0.2) is 0 Å². The van der Waals surface area contributed by atoms with Gasteiger partial charge in [-0.2, -0.15) is 11.8 Å². The predicted octanol–water partition coefficient (Wildman–Crippen LogP) is 1.62. The van der Waals surface area contributed by atoms with E-state index in [1.54, 1.807) is 0 Å². The molecule has 0 amide bonds. The zero-order valence-electron chi connectivity index (χ0n) is 8.46. The Labute approximate surface area is 85.3 Å². The highest BCUT2D eigenvalue weighted by Gasteiger charge is 2.39. The van der Waals surface area contributed by atoms with Crippen molar-refractivity contribution in [2.24, 2.45) is 11.1 Å². The van der Waals surface area contributed by atoms with Crippen LogP contribution in [0.4, 0.5) is 0 Å². The summed E-state index contributed by atoms with van der Waals surface area (Å²) in [5.74, 6) is 1.19. The van der Waals surface area contributed by atoms with Crippen LogP contribution >= 0.6 is 11.8 Å². The third-order valence-electron chi connectivity index (χ3n) is 3.29. The lowest BCUT2D eigenvalue weighted by Crippen LogP contribution is -2.37. The van der Waals surface area contributed by atoms with Crippen molar-refractivity contribution in [3.63, 3.8) is 0 Å². The molecule has 0 aromatic carbocycles. The molecule has 2 unspecified atom stereocenters. The third-order valence-corrected chi connectivity index (χ3v) is 3.99. The second-order valence-corrected chi connectivity index (χ2v) is 5.06. The molecule has 78 valence electrons. The largest absolute Gasteiger partial charge is 0.393 e. The van der Waals surface area contributed by atoms with Crippen LogP contribution in [0.1, 0.15) is 32.1 Å². The minimum atomic E-state index is -0.139. The minimum absolute atomic E-state index is 0.0652. The monoisotopic (exact) mass is 203 g/mol. The number of aliphatic hydroxyl groups is 1. The molecule has 0 spiro atoms. The van der Waals surface area contributed by atoms with Crippen molar-refractivity contribution < 1.29 is 5.11 Å². The van der Waals surface area contributed by atoms with E-state index in [1.165, 1.54) is 12.2 Å². The highest BCUT2D eigenvalue weighted by Crippen LogP contribution is 2.41. The first-order valence-electron chi connectivity index (χ1n) is 5.12. The summed E-state index contributed by atoms with van der Waals surface area (Å²) >= 11 is 1.87. The SMILES string of the molecule is CSCCCC1(CN)CCCC1O. The Kier molecular flexibility index (Phi) is 4.56. The molecule has 2 nitrogen and oxygen atoms in total. The van der Waals surface area contributed by atoms with E-state index < -0.39 is 0 Å². The normalized spacial score (nSPS) is 33.9. The smallest absolute Gasteiger partial charge is 0.0608 e. The number of aliphatic hydroxyl groups excluding tert-OH is 1. The van der Waals surface area contributed by atoms with Crippen LogP contribution in [0.25, 0.3) is 0 Å². The Morgan fingerprint density at radius 2 is 2.38 bits per heavy atom. The average Bonchev–Trinajstić information content (AvgIpc) is 2.49. The molecule has 1 rings (SSSR count). The van der Waals surface area contributed by atoms with Crippen LogP contribution in [-0.2, 0) is 0 Å². The van der Waals surface area contributed by atoms with Crippen LogP contribution in [0.5, 0.6) is 0 Å². The quantitative estimate of drug-likeness (QED) is 0.667. The predicted molar refractivity (Wildman–Crippen MR) is 59.0 cm³/mol. The van der Waals surface area contributed by atoms with Crippen molar-refractivity contribution in [3.8, 4) is 0 Å². The lowest BCUT2D eigenvalue weighted by atomic mass is 9.80. The molecule has 1 fully saturated rings. The second-order valence-electron chi connectivity index (χ2n) is 4.07. The molecule has 0 saturated heterocycles. The van der Waals surface area contributed by atoms with Gasteiger partial charge in [0, 0.05) is 12.0 Å². The Morgan fingerprint density at radius 3 is 2.85 bits per heavy atom. The molecule has 0 heterocycles. The molecular formula is C10H21NOS. The molecule has 3 N–H and O–H groups in total. The molecular weight excluding hydrogens is 182 g/mol. The van der Waals surface area contributed by atoms with Gasteiger partial charge < -0.3 is 10.8 Å². The van der Waals surface area contributed by atoms with Crippen LogP contribution in [-0.4, -0.2) is 29.8 Å². The van der Waals surface area contributed by atoms with Gasteiger partial charge >= 0.3 is 0 Å². The molecule has 0 bridgehead atoms. The Morgan fingerprint density at radius 1 is 1.62 bits per heavy atom. The van der Waals surface area contributed by atoms with Crippen molar-refractivity contribution in [2.75, 3.05) is 18.6 Å². The first-order chi connectivity index (χ1) is 6.25. The van der Waals surface area contributed by atoms with Crippen molar-refractivity contribution >= 4 is 11.8 Å². The molecule has 0 aromatic rings. The fraction of sp³-hybridized carbons (Fsp3) is 1.00. The summed E-state index contributed by atoms with van der Waals surface area (Å²) in [4.78, 5) is 0. The van der Waals surface area contributed by atoms with Gasteiger partial charge in [-0.05, 0) is 37.7 Å². The molecule has 0 aliphatic heterocycles. The van der Waals surface area contributed by atoms with Gasteiger partial charge in [0.1, 0.15) is 0 Å². The summed E-state index contributed by atoms with van der Waals surface area (Å²) in [6.45, 7) is 0.655. The Bertz CT molecular complexity index is 154. The van der Waals surface area contributed by atoms with E-state index in [-0.39, 0.29) is 11.5 Å². The Balaban J connectivity index is 2.39. The van der Waals surface area contributed by atoms with Crippen LogP contribution < -0.4 is 5.73 Å². The van der Waals surface area contributed by atoms with E-state index in [0.29, 0.717) is 6.54 Å². The fourth-order valence-electron chi connectivity index (χ4n) is 2.32. The van der Waals surface area contributed by atoms with Crippen LogP contribution in [0, 0.1) is 5.41 Å². The molecule has 13 heavy (non-hydrogen) atoms. The molecule has 1 aliphatic carbocycles. The maximum absolute atomic E-state index is 9.85. The van der Waals surface area contributed by atoms with Gasteiger partial charge in [0.15, 0.2) is 0 Å². The molecule has 0 aromatic heterocycles. The summed E-state index contributed by atoms with van der Waals surface area (Å²) in [5, 5.41) is 9.85. The van der Waals surface area contributed by atoms with Gasteiger partial charge in [-0.15, -0.1) is 0 Å². The van der Waals surface area contributed by atoms with Crippen molar-refractivity contribution in [2.45, 2.75) is 38.2 Å². The van der Waals surface area contributed by atoms with Gasteiger partial charge in [0.05, 0.1) is 6.10 Å². The fourth-order valence-corrected chi connectivity index (χ4v) is 2.75.